The summed E-state index contributed by atoms with van der Waals surface area (Å²) in [6.45, 7) is 0.642. The summed E-state index contributed by atoms with van der Waals surface area (Å²) in [5.74, 6) is -0.246. The van der Waals surface area contributed by atoms with Crippen LogP contribution >= 0.6 is 0 Å². The van der Waals surface area contributed by atoms with Crippen LogP contribution in [0, 0.1) is 11.7 Å². The Balaban J connectivity index is 1.75. The Bertz CT molecular complexity index is 590. The molecular weight excluding hydrogens is 283 g/mol. The van der Waals surface area contributed by atoms with Gasteiger partial charge in [-0.05, 0) is 37.1 Å². The zero-order chi connectivity index (χ0) is 14.3. The first-order valence-electron chi connectivity index (χ1n) is 6.64. The molecular formula is C13H17FN2O3S. The van der Waals surface area contributed by atoms with Gasteiger partial charge >= 0.3 is 0 Å². The monoisotopic (exact) mass is 300 g/mol. The van der Waals surface area contributed by atoms with Gasteiger partial charge in [0, 0.05) is 18.6 Å². The van der Waals surface area contributed by atoms with Crippen LogP contribution in [0.2, 0.25) is 0 Å². The highest BCUT2D eigenvalue weighted by molar-refractivity contribution is 7.89. The maximum Gasteiger partial charge on any atom is 0.240 e. The fraction of sp³-hybridized carbons (Fsp3) is 0.538. The van der Waals surface area contributed by atoms with Crippen molar-refractivity contribution in [2.75, 3.05) is 6.61 Å². The standard InChI is InChI=1S/C13H17FN2O3S/c14-8-3-5-9(6-4-8)20(17,18)16-12-11(15)10-2-1-7-19-13(10)12/h3-6,10-13,16H,1-2,7,15H2. The minimum atomic E-state index is -3.70. The van der Waals surface area contributed by atoms with Gasteiger partial charge < -0.3 is 10.5 Å². The van der Waals surface area contributed by atoms with Gasteiger partial charge in [-0.15, -0.1) is 0 Å². The molecule has 20 heavy (non-hydrogen) atoms. The summed E-state index contributed by atoms with van der Waals surface area (Å²) in [7, 11) is -3.70. The van der Waals surface area contributed by atoms with Crippen LogP contribution in [0.3, 0.4) is 0 Å². The maximum atomic E-state index is 12.8. The van der Waals surface area contributed by atoms with E-state index < -0.39 is 21.9 Å². The van der Waals surface area contributed by atoms with E-state index >= 15 is 0 Å². The highest BCUT2D eigenvalue weighted by atomic mass is 32.2. The van der Waals surface area contributed by atoms with Crippen molar-refractivity contribution in [2.45, 2.75) is 35.9 Å². The van der Waals surface area contributed by atoms with Crippen LogP contribution in [-0.2, 0) is 14.8 Å². The Morgan fingerprint density at radius 1 is 1.30 bits per heavy atom. The van der Waals surface area contributed by atoms with Gasteiger partial charge in [0.2, 0.25) is 10.0 Å². The van der Waals surface area contributed by atoms with Crippen LogP contribution in [0.1, 0.15) is 12.8 Å². The van der Waals surface area contributed by atoms with Gasteiger partial charge in [-0.3, -0.25) is 0 Å². The molecule has 1 aliphatic heterocycles. The van der Waals surface area contributed by atoms with E-state index in [0.717, 1.165) is 25.0 Å². The lowest BCUT2D eigenvalue weighted by atomic mass is 9.69. The Morgan fingerprint density at radius 3 is 2.70 bits per heavy atom. The molecule has 3 N–H and O–H groups in total. The number of nitrogens with two attached hydrogens (primary N) is 1. The zero-order valence-corrected chi connectivity index (χ0v) is 11.6. The third-order valence-electron chi connectivity index (χ3n) is 4.09. The Labute approximate surface area is 117 Å². The molecule has 110 valence electrons. The number of hydrogen-bond acceptors (Lipinski definition) is 4. The summed E-state index contributed by atoms with van der Waals surface area (Å²) in [6, 6.07) is 4.08. The third-order valence-corrected chi connectivity index (χ3v) is 5.57. The van der Waals surface area contributed by atoms with Gasteiger partial charge in [0.05, 0.1) is 17.0 Å². The molecule has 1 aromatic rings. The van der Waals surface area contributed by atoms with Crippen molar-refractivity contribution in [1.29, 1.82) is 0 Å². The van der Waals surface area contributed by atoms with Gasteiger partial charge in [0.15, 0.2) is 0 Å². The molecule has 1 aromatic carbocycles. The minimum Gasteiger partial charge on any atom is -0.376 e. The van der Waals surface area contributed by atoms with Crippen molar-refractivity contribution < 1.29 is 17.5 Å². The van der Waals surface area contributed by atoms with E-state index in [9.17, 15) is 12.8 Å². The van der Waals surface area contributed by atoms with E-state index in [0.29, 0.717) is 6.61 Å². The highest BCUT2D eigenvalue weighted by Gasteiger charge is 2.51. The molecule has 2 aliphatic rings. The lowest BCUT2D eigenvalue weighted by Gasteiger charge is -2.52. The van der Waals surface area contributed by atoms with Crippen LogP contribution in [0.25, 0.3) is 0 Å². The van der Waals surface area contributed by atoms with Crippen LogP contribution in [0.4, 0.5) is 4.39 Å². The molecule has 3 rings (SSSR count). The fourth-order valence-electron chi connectivity index (χ4n) is 2.95. The van der Waals surface area contributed by atoms with E-state index in [1.807, 2.05) is 0 Å². The van der Waals surface area contributed by atoms with Crippen molar-refractivity contribution in [3.8, 4) is 0 Å². The van der Waals surface area contributed by atoms with Crippen LogP contribution in [-0.4, -0.2) is 33.2 Å². The van der Waals surface area contributed by atoms with Gasteiger partial charge in [0.1, 0.15) is 5.82 Å². The molecule has 1 heterocycles. The zero-order valence-electron chi connectivity index (χ0n) is 10.8. The fourth-order valence-corrected chi connectivity index (χ4v) is 4.23. The van der Waals surface area contributed by atoms with E-state index in [-0.39, 0.29) is 23.0 Å². The molecule has 1 aliphatic carbocycles. The lowest BCUT2D eigenvalue weighted by Crippen LogP contribution is -2.71. The summed E-state index contributed by atoms with van der Waals surface area (Å²) in [5.41, 5.74) is 6.02. The number of halogens is 1. The van der Waals surface area contributed by atoms with Gasteiger partial charge in [-0.2, -0.15) is 0 Å². The molecule has 7 heteroatoms. The number of fused-ring (bicyclic) bond motifs is 1. The highest BCUT2D eigenvalue weighted by Crippen LogP contribution is 2.37. The van der Waals surface area contributed by atoms with Crippen molar-refractivity contribution in [3.05, 3.63) is 30.1 Å². The van der Waals surface area contributed by atoms with Crippen molar-refractivity contribution in [2.24, 2.45) is 11.7 Å². The molecule has 1 saturated carbocycles. The predicted molar refractivity (Wildman–Crippen MR) is 70.9 cm³/mol. The molecule has 0 spiro atoms. The quantitative estimate of drug-likeness (QED) is 0.857. The minimum absolute atomic E-state index is 0.0327. The molecule has 4 unspecified atom stereocenters. The summed E-state index contributed by atoms with van der Waals surface area (Å²) in [6.07, 6.45) is 1.79. The Hall–Kier alpha value is -1.02. The normalized spacial score (nSPS) is 33.3. The second-order valence-corrected chi connectivity index (χ2v) is 7.03. The van der Waals surface area contributed by atoms with Gasteiger partial charge in [-0.25, -0.2) is 17.5 Å². The first-order chi connectivity index (χ1) is 9.49. The molecule has 1 saturated heterocycles. The smallest absolute Gasteiger partial charge is 0.240 e. The average Bonchev–Trinajstić information content (AvgIpc) is 2.45. The Kier molecular flexibility index (Phi) is 3.53. The number of nitrogens with one attached hydrogen (secondary N) is 1. The summed E-state index contributed by atoms with van der Waals surface area (Å²) in [4.78, 5) is 0.0327. The predicted octanol–water partition coefficient (Wildman–Crippen LogP) is 0.609. The van der Waals surface area contributed by atoms with Crippen LogP contribution in [0.5, 0.6) is 0 Å². The van der Waals surface area contributed by atoms with Gasteiger partial charge in [0.25, 0.3) is 0 Å². The molecule has 0 bridgehead atoms. The summed E-state index contributed by atoms with van der Waals surface area (Å²) in [5, 5.41) is 0. The van der Waals surface area contributed by atoms with Crippen molar-refractivity contribution in [1.82, 2.24) is 4.72 Å². The van der Waals surface area contributed by atoms with E-state index in [2.05, 4.69) is 4.72 Å². The van der Waals surface area contributed by atoms with E-state index in [1.54, 1.807) is 0 Å². The second kappa shape index (κ2) is 5.07. The Morgan fingerprint density at radius 2 is 2.00 bits per heavy atom. The van der Waals surface area contributed by atoms with Crippen LogP contribution in [0.15, 0.2) is 29.2 Å². The van der Waals surface area contributed by atoms with E-state index in [4.69, 9.17) is 10.5 Å². The summed E-state index contributed by atoms with van der Waals surface area (Å²) < 4.78 is 45.5. The number of benzene rings is 1. The van der Waals surface area contributed by atoms with Crippen LogP contribution < -0.4 is 10.5 Å². The SMILES string of the molecule is NC1C2CCCOC2C1NS(=O)(=O)c1ccc(F)cc1. The first kappa shape index (κ1) is 13.9. The molecule has 4 atom stereocenters. The lowest BCUT2D eigenvalue weighted by molar-refractivity contribution is -0.114. The number of rotatable bonds is 3. The third kappa shape index (κ3) is 2.35. The average molecular weight is 300 g/mol. The number of hydrogen-bond donors (Lipinski definition) is 2. The van der Waals surface area contributed by atoms with Crippen molar-refractivity contribution in [3.63, 3.8) is 0 Å². The maximum absolute atomic E-state index is 12.8. The largest absolute Gasteiger partial charge is 0.376 e. The topological polar surface area (TPSA) is 81.4 Å². The first-order valence-corrected chi connectivity index (χ1v) is 8.12. The van der Waals surface area contributed by atoms with Gasteiger partial charge in [-0.1, -0.05) is 0 Å². The number of ether oxygens (including phenoxy) is 1. The molecule has 0 radical (unpaired) electrons. The van der Waals surface area contributed by atoms with Crippen molar-refractivity contribution >= 4 is 10.0 Å². The molecule has 2 fully saturated rings. The molecule has 0 aromatic heterocycles. The summed E-state index contributed by atoms with van der Waals surface area (Å²) >= 11 is 0. The second-order valence-electron chi connectivity index (χ2n) is 5.32. The number of sulfonamides is 1. The molecule has 0 amide bonds. The van der Waals surface area contributed by atoms with E-state index in [1.165, 1.54) is 12.1 Å². The molecule has 5 nitrogen and oxygen atoms in total.